The molecular weight excluding hydrogens is 208 g/mol. The monoisotopic (exact) mass is 226 g/mol. The second-order valence-electron chi connectivity index (χ2n) is 4.39. The molecule has 0 aliphatic rings. The molecule has 90 valence electrons. The lowest BCUT2D eigenvalue weighted by atomic mass is 9.95. The van der Waals surface area contributed by atoms with Crippen LogP contribution in [0.5, 0.6) is 11.5 Å². The van der Waals surface area contributed by atoms with Gasteiger partial charge in [-0.1, -0.05) is 39.8 Å². The Morgan fingerprint density at radius 2 is 1.12 bits per heavy atom. The van der Waals surface area contributed by atoms with Crippen molar-refractivity contribution in [3.63, 3.8) is 0 Å². The van der Waals surface area contributed by atoms with E-state index in [9.17, 15) is 0 Å². The Labute approximate surface area is 95.3 Å². The summed E-state index contributed by atoms with van der Waals surface area (Å²) in [6.07, 6.45) is 0. The maximum absolute atomic E-state index is 8.89. The van der Waals surface area contributed by atoms with E-state index in [1.54, 1.807) is 0 Å². The number of benzene rings is 1. The normalized spacial score (nSPS) is 11.0. The van der Waals surface area contributed by atoms with Crippen molar-refractivity contribution in [2.75, 3.05) is 0 Å². The molecule has 0 atom stereocenters. The topological polar surface area (TPSA) is 58.9 Å². The zero-order valence-corrected chi connectivity index (χ0v) is 10.0. The third-order valence-electron chi connectivity index (χ3n) is 2.60. The van der Waals surface area contributed by atoms with Crippen molar-refractivity contribution in [3.05, 3.63) is 23.3 Å². The summed E-state index contributed by atoms with van der Waals surface area (Å²) >= 11 is 0. The smallest absolute Gasteiger partial charge is 0.214 e. The fourth-order valence-electron chi connectivity index (χ4n) is 1.69. The van der Waals surface area contributed by atoms with Crippen LogP contribution in [-0.2, 0) is 0 Å². The maximum Gasteiger partial charge on any atom is 0.214 e. The third-order valence-corrected chi connectivity index (χ3v) is 2.60. The van der Waals surface area contributed by atoms with Gasteiger partial charge in [0.15, 0.2) is 0 Å². The SMILES string of the molecule is CC(C)c1ccc(C(C)C)c(OO)c1OO. The average molecular weight is 226 g/mol. The van der Waals surface area contributed by atoms with Crippen LogP contribution < -0.4 is 9.78 Å². The zero-order valence-electron chi connectivity index (χ0n) is 10.0. The molecule has 0 radical (unpaired) electrons. The quantitative estimate of drug-likeness (QED) is 0.608. The minimum Gasteiger partial charge on any atom is -0.336 e. The summed E-state index contributed by atoms with van der Waals surface area (Å²) in [5.41, 5.74) is 1.58. The standard InChI is InChI=1S/C12H18O4/c1-7(2)9-5-6-10(8(3)4)12(16-14)11(9)15-13/h5-8,13-14H,1-4H3. The fraction of sp³-hybridized carbons (Fsp3) is 0.500. The van der Waals surface area contributed by atoms with Crippen LogP contribution in [0.3, 0.4) is 0 Å². The molecule has 0 saturated heterocycles. The largest absolute Gasteiger partial charge is 0.336 e. The summed E-state index contributed by atoms with van der Waals surface area (Å²) in [5.74, 6) is 0.696. The van der Waals surface area contributed by atoms with Gasteiger partial charge in [-0.2, -0.15) is 0 Å². The van der Waals surface area contributed by atoms with E-state index < -0.39 is 0 Å². The summed E-state index contributed by atoms with van der Waals surface area (Å²) in [7, 11) is 0. The zero-order chi connectivity index (χ0) is 12.3. The average Bonchev–Trinajstić information content (AvgIpc) is 2.26. The first-order valence-corrected chi connectivity index (χ1v) is 5.32. The number of hydrogen-bond donors (Lipinski definition) is 2. The molecule has 0 spiro atoms. The Morgan fingerprint density at radius 3 is 1.31 bits per heavy atom. The van der Waals surface area contributed by atoms with Crippen LogP contribution in [0.4, 0.5) is 0 Å². The maximum atomic E-state index is 8.89. The van der Waals surface area contributed by atoms with Crippen molar-refractivity contribution in [2.24, 2.45) is 0 Å². The second-order valence-corrected chi connectivity index (χ2v) is 4.39. The fourth-order valence-corrected chi connectivity index (χ4v) is 1.69. The molecule has 1 aromatic rings. The predicted octanol–water partition coefficient (Wildman–Crippen LogP) is 3.64. The highest BCUT2D eigenvalue weighted by Gasteiger charge is 2.20. The van der Waals surface area contributed by atoms with Gasteiger partial charge in [0.2, 0.25) is 11.5 Å². The molecule has 1 rings (SSSR count). The first-order chi connectivity index (χ1) is 7.52. The number of hydrogen-bond acceptors (Lipinski definition) is 4. The highest BCUT2D eigenvalue weighted by molar-refractivity contribution is 5.53. The molecule has 0 fully saturated rings. The second kappa shape index (κ2) is 5.18. The first-order valence-electron chi connectivity index (χ1n) is 5.32. The van der Waals surface area contributed by atoms with Crippen LogP contribution >= 0.6 is 0 Å². The minimum absolute atomic E-state index is 0.164. The van der Waals surface area contributed by atoms with Gasteiger partial charge in [0.1, 0.15) is 0 Å². The molecule has 4 heteroatoms. The molecule has 0 aliphatic carbocycles. The summed E-state index contributed by atoms with van der Waals surface area (Å²) in [4.78, 5) is 8.67. The van der Waals surface area contributed by atoms with Crippen molar-refractivity contribution < 1.29 is 20.3 Å². The van der Waals surface area contributed by atoms with Gasteiger partial charge in [0.05, 0.1) is 0 Å². The molecule has 0 unspecified atom stereocenters. The van der Waals surface area contributed by atoms with Crippen LogP contribution in [-0.4, -0.2) is 10.5 Å². The van der Waals surface area contributed by atoms with E-state index in [2.05, 4.69) is 9.78 Å². The van der Waals surface area contributed by atoms with Gasteiger partial charge in [0.25, 0.3) is 0 Å². The van der Waals surface area contributed by atoms with Crippen LogP contribution in [0.1, 0.15) is 50.7 Å². The van der Waals surface area contributed by atoms with Crippen LogP contribution in [0.25, 0.3) is 0 Å². The lowest BCUT2D eigenvalue weighted by Gasteiger charge is -2.17. The molecule has 4 nitrogen and oxygen atoms in total. The van der Waals surface area contributed by atoms with E-state index in [-0.39, 0.29) is 23.3 Å². The summed E-state index contributed by atoms with van der Waals surface area (Å²) in [5, 5.41) is 17.8. The van der Waals surface area contributed by atoms with E-state index in [0.717, 1.165) is 11.1 Å². The highest BCUT2D eigenvalue weighted by Crippen LogP contribution is 2.40. The van der Waals surface area contributed by atoms with Crippen LogP contribution in [0, 0.1) is 0 Å². The van der Waals surface area contributed by atoms with Crippen molar-refractivity contribution in [1.29, 1.82) is 0 Å². The van der Waals surface area contributed by atoms with E-state index in [1.165, 1.54) is 0 Å². The Kier molecular flexibility index (Phi) is 4.15. The molecule has 0 saturated carbocycles. The number of rotatable bonds is 4. The first kappa shape index (κ1) is 12.8. The summed E-state index contributed by atoms with van der Waals surface area (Å²) in [6.45, 7) is 7.87. The molecule has 0 aliphatic heterocycles. The van der Waals surface area contributed by atoms with E-state index in [1.807, 2.05) is 39.8 Å². The molecule has 0 amide bonds. The minimum atomic E-state index is 0.164. The molecular formula is C12H18O4. The van der Waals surface area contributed by atoms with E-state index >= 15 is 0 Å². The van der Waals surface area contributed by atoms with Crippen LogP contribution in [0.15, 0.2) is 12.1 Å². The summed E-state index contributed by atoms with van der Waals surface area (Å²) in [6, 6.07) is 3.74. The molecule has 0 bridgehead atoms. The Morgan fingerprint density at radius 1 is 0.812 bits per heavy atom. The Hall–Kier alpha value is -1.26. The molecule has 16 heavy (non-hydrogen) atoms. The third kappa shape index (κ3) is 2.28. The Bertz CT molecular complexity index is 323. The van der Waals surface area contributed by atoms with Gasteiger partial charge >= 0.3 is 0 Å². The van der Waals surface area contributed by atoms with Crippen molar-refractivity contribution in [2.45, 2.75) is 39.5 Å². The molecule has 0 heterocycles. The van der Waals surface area contributed by atoms with E-state index in [0.29, 0.717) is 0 Å². The van der Waals surface area contributed by atoms with Gasteiger partial charge in [-0.05, 0) is 11.8 Å². The van der Waals surface area contributed by atoms with Gasteiger partial charge in [0, 0.05) is 11.1 Å². The molecule has 1 aromatic carbocycles. The lowest BCUT2D eigenvalue weighted by Crippen LogP contribution is -2.02. The van der Waals surface area contributed by atoms with Gasteiger partial charge < -0.3 is 9.78 Å². The van der Waals surface area contributed by atoms with Gasteiger partial charge in [-0.3, -0.25) is 0 Å². The highest BCUT2D eigenvalue weighted by atomic mass is 17.1. The molecule has 0 aromatic heterocycles. The summed E-state index contributed by atoms with van der Waals surface area (Å²) < 4.78 is 0. The van der Waals surface area contributed by atoms with Crippen molar-refractivity contribution >= 4 is 0 Å². The predicted molar refractivity (Wildman–Crippen MR) is 61.1 cm³/mol. The molecule has 2 N–H and O–H groups in total. The lowest BCUT2D eigenvalue weighted by molar-refractivity contribution is -0.165. The van der Waals surface area contributed by atoms with Gasteiger partial charge in [-0.25, -0.2) is 10.5 Å². The van der Waals surface area contributed by atoms with Crippen molar-refractivity contribution in [3.8, 4) is 11.5 Å². The van der Waals surface area contributed by atoms with E-state index in [4.69, 9.17) is 10.5 Å². The van der Waals surface area contributed by atoms with Gasteiger partial charge in [-0.15, -0.1) is 0 Å². The van der Waals surface area contributed by atoms with Crippen LogP contribution in [0.2, 0.25) is 0 Å². The van der Waals surface area contributed by atoms with Crippen molar-refractivity contribution in [1.82, 2.24) is 0 Å². The Balaban J connectivity index is 3.40.